The van der Waals surface area contributed by atoms with Gasteiger partial charge in [0.25, 0.3) is 0 Å². The third-order valence-corrected chi connectivity index (χ3v) is 4.16. The smallest absolute Gasteiger partial charge is 0.159 e. The van der Waals surface area contributed by atoms with Gasteiger partial charge in [0.2, 0.25) is 0 Å². The van der Waals surface area contributed by atoms with Gasteiger partial charge in [-0.15, -0.1) is 0 Å². The molecule has 2 aromatic heterocycles. The first-order chi connectivity index (χ1) is 9.79. The highest BCUT2D eigenvalue weighted by atomic mass is 16.3. The van der Waals surface area contributed by atoms with Gasteiger partial charge in [-0.2, -0.15) is 0 Å². The zero-order chi connectivity index (χ0) is 13.9. The molecule has 1 fully saturated rings. The van der Waals surface area contributed by atoms with Crippen LogP contribution in [0.15, 0.2) is 18.3 Å². The molecule has 0 atom stereocenters. The molecule has 20 heavy (non-hydrogen) atoms. The number of fused-ring (bicyclic) bond motifs is 1. The molecule has 1 aliphatic heterocycles. The Morgan fingerprint density at radius 3 is 2.90 bits per heavy atom. The molecule has 3 heterocycles. The molecule has 1 aliphatic rings. The second-order valence-electron chi connectivity index (χ2n) is 5.62. The normalized spacial score (nSPS) is 17.9. The summed E-state index contributed by atoms with van der Waals surface area (Å²) in [5.41, 5.74) is 1.93. The Hall–Kier alpha value is -1.46. The number of likely N-dealkylation sites (tertiary alicyclic amines) is 1. The number of imidazole rings is 1. The van der Waals surface area contributed by atoms with Crippen LogP contribution >= 0.6 is 0 Å². The second-order valence-corrected chi connectivity index (χ2v) is 5.62. The SMILES string of the molecule is CN1CCC(c2nc3cccnc3n2CCCO)CC1. The standard InChI is InChI=1S/C15H22N4O/c1-18-9-5-12(6-10-18)14-17-13-4-2-7-16-15(13)19(14)8-3-11-20/h2,4,7,12,20H,3,5-6,8-11H2,1H3. The van der Waals surface area contributed by atoms with Crippen molar-refractivity contribution in [1.82, 2.24) is 19.4 Å². The fraction of sp³-hybridized carbons (Fsp3) is 0.600. The van der Waals surface area contributed by atoms with Crippen molar-refractivity contribution in [1.29, 1.82) is 0 Å². The molecule has 0 unspecified atom stereocenters. The predicted octanol–water partition coefficient (Wildman–Crippen LogP) is 1.62. The lowest BCUT2D eigenvalue weighted by molar-refractivity contribution is 0.246. The first kappa shape index (κ1) is 13.5. The Morgan fingerprint density at radius 2 is 2.15 bits per heavy atom. The molecule has 5 heteroatoms. The van der Waals surface area contributed by atoms with Crippen molar-refractivity contribution in [3.63, 3.8) is 0 Å². The van der Waals surface area contributed by atoms with Gasteiger partial charge < -0.3 is 14.6 Å². The lowest BCUT2D eigenvalue weighted by Crippen LogP contribution is -2.30. The summed E-state index contributed by atoms with van der Waals surface area (Å²) in [6.45, 7) is 3.26. The van der Waals surface area contributed by atoms with Gasteiger partial charge in [-0.1, -0.05) is 0 Å². The van der Waals surface area contributed by atoms with Crippen LogP contribution in [0.25, 0.3) is 11.2 Å². The third kappa shape index (κ3) is 2.55. The van der Waals surface area contributed by atoms with Gasteiger partial charge in [-0.25, -0.2) is 9.97 Å². The van der Waals surface area contributed by atoms with Crippen LogP contribution in [0.4, 0.5) is 0 Å². The summed E-state index contributed by atoms with van der Waals surface area (Å²) in [5.74, 6) is 1.67. The van der Waals surface area contributed by atoms with Crippen molar-refractivity contribution < 1.29 is 5.11 Å². The number of hydrogen-bond donors (Lipinski definition) is 1. The molecule has 0 radical (unpaired) electrons. The molecule has 0 spiro atoms. The van der Waals surface area contributed by atoms with Crippen molar-refractivity contribution in [2.45, 2.75) is 31.7 Å². The highest BCUT2D eigenvalue weighted by Gasteiger charge is 2.24. The number of aliphatic hydroxyl groups is 1. The number of aliphatic hydroxyl groups excluding tert-OH is 1. The van der Waals surface area contributed by atoms with E-state index in [0.717, 1.165) is 55.9 Å². The summed E-state index contributed by atoms with van der Waals surface area (Å²) < 4.78 is 2.21. The largest absolute Gasteiger partial charge is 0.396 e. The molecule has 0 saturated carbocycles. The van der Waals surface area contributed by atoms with Gasteiger partial charge in [0, 0.05) is 25.3 Å². The van der Waals surface area contributed by atoms with Gasteiger partial charge in [0.15, 0.2) is 5.65 Å². The zero-order valence-corrected chi connectivity index (χ0v) is 12.0. The molecule has 5 nitrogen and oxygen atoms in total. The number of pyridine rings is 1. The van der Waals surface area contributed by atoms with Crippen LogP contribution in [0, 0.1) is 0 Å². The quantitative estimate of drug-likeness (QED) is 0.920. The van der Waals surface area contributed by atoms with E-state index in [1.165, 1.54) is 0 Å². The fourth-order valence-electron chi connectivity index (χ4n) is 3.00. The first-order valence-electron chi connectivity index (χ1n) is 7.40. The maximum atomic E-state index is 9.11. The predicted molar refractivity (Wildman–Crippen MR) is 78.7 cm³/mol. The van der Waals surface area contributed by atoms with Gasteiger partial charge >= 0.3 is 0 Å². The molecule has 0 aliphatic carbocycles. The monoisotopic (exact) mass is 274 g/mol. The number of piperidine rings is 1. The van der Waals surface area contributed by atoms with Crippen LogP contribution < -0.4 is 0 Å². The summed E-state index contributed by atoms with van der Waals surface area (Å²) in [4.78, 5) is 11.7. The van der Waals surface area contributed by atoms with Gasteiger partial charge in [0.1, 0.15) is 11.3 Å². The van der Waals surface area contributed by atoms with Crippen LogP contribution in [0.1, 0.15) is 31.0 Å². The van der Waals surface area contributed by atoms with E-state index >= 15 is 0 Å². The van der Waals surface area contributed by atoms with Crippen LogP contribution in [-0.4, -0.2) is 51.3 Å². The molecule has 3 rings (SSSR count). The van der Waals surface area contributed by atoms with Crippen LogP contribution in [0.2, 0.25) is 0 Å². The maximum absolute atomic E-state index is 9.11. The summed E-state index contributed by atoms with van der Waals surface area (Å²) in [6, 6.07) is 3.96. The van der Waals surface area contributed by atoms with E-state index < -0.39 is 0 Å². The number of aromatic nitrogens is 3. The van der Waals surface area contributed by atoms with Gasteiger partial charge in [-0.3, -0.25) is 0 Å². The van der Waals surface area contributed by atoms with E-state index in [0.29, 0.717) is 5.92 Å². The van der Waals surface area contributed by atoms with Crippen molar-refractivity contribution in [3.8, 4) is 0 Å². The minimum atomic E-state index is 0.208. The third-order valence-electron chi connectivity index (χ3n) is 4.16. The molecule has 0 amide bonds. The summed E-state index contributed by atoms with van der Waals surface area (Å²) in [5, 5.41) is 9.11. The van der Waals surface area contributed by atoms with E-state index in [1.54, 1.807) is 0 Å². The lowest BCUT2D eigenvalue weighted by atomic mass is 9.96. The number of nitrogens with zero attached hydrogens (tertiary/aromatic N) is 4. The molecular formula is C15H22N4O. The van der Waals surface area contributed by atoms with Crippen LogP contribution in [0.5, 0.6) is 0 Å². The minimum absolute atomic E-state index is 0.208. The lowest BCUT2D eigenvalue weighted by Gasteiger charge is -2.28. The average Bonchev–Trinajstić information content (AvgIpc) is 2.84. The van der Waals surface area contributed by atoms with Crippen molar-refractivity contribution in [3.05, 3.63) is 24.2 Å². The van der Waals surface area contributed by atoms with Crippen molar-refractivity contribution in [2.24, 2.45) is 0 Å². The summed E-state index contributed by atoms with van der Waals surface area (Å²) in [7, 11) is 2.17. The molecule has 1 N–H and O–H groups in total. The molecule has 108 valence electrons. The van der Waals surface area contributed by atoms with E-state index in [1.807, 2.05) is 18.3 Å². The van der Waals surface area contributed by atoms with E-state index in [-0.39, 0.29) is 6.61 Å². The van der Waals surface area contributed by atoms with Crippen LogP contribution in [-0.2, 0) is 6.54 Å². The Labute approximate surface area is 119 Å². The highest BCUT2D eigenvalue weighted by molar-refractivity contribution is 5.71. The van der Waals surface area contributed by atoms with E-state index in [2.05, 4.69) is 21.5 Å². The van der Waals surface area contributed by atoms with E-state index in [4.69, 9.17) is 10.1 Å². The molecule has 0 aromatic carbocycles. The first-order valence-corrected chi connectivity index (χ1v) is 7.40. The Bertz CT molecular complexity index is 572. The Morgan fingerprint density at radius 1 is 1.35 bits per heavy atom. The Balaban J connectivity index is 1.95. The zero-order valence-electron chi connectivity index (χ0n) is 12.0. The van der Waals surface area contributed by atoms with Crippen molar-refractivity contribution in [2.75, 3.05) is 26.7 Å². The van der Waals surface area contributed by atoms with Crippen molar-refractivity contribution >= 4 is 11.2 Å². The summed E-state index contributed by atoms with van der Waals surface area (Å²) in [6.07, 6.45) is 4.87. The number of rotatable bonds is 4. The topological polar surface area (TPSA) is 54.2 Å². The second kappa shape index (κ2) is 5.89. The minimum Gasteiger partial charge on any atom is -0.396 e. The number of hydrogen-bond acceptors (Lipinski definition) is 4. The molecule has 0 bridgehead atoms. The summed E-state index contributed by atoms with van der Waals surface area (Å²) >= 11 is 0. The highest BCUT2D eigenvalue weighted by Crippen LogP contribution is 2.29. The Kier molecular flexibility index (Phi) is 3.98. The van der Waals surface area contributed by atoms with Crippen LogP contribution in [0.3, 0.4) is 0 Å². The van der Waals surface area contributed by atoms with E-state index in [9.17, 15) is 0 Å². The van der Waals surface area contributed by atoms with Gasteiger partial charge in [0.05, 0.1) is 0 Å². The van der Waals surface area contributed by atoms with Gasteiger partial charge in [-0.05, 0) is 51.5 Å². The molecule has 2 aromatic rings. The number of aryl methyl sites for hydroxylation is 1. The fourth-order valence-corrected chi connectivity index (χ4v) is 3.00. The molecular weight excluding hydrogens is 252 g/mol. The maximum Gasteiger partial charge on any atom is 0.159 e. The average molecular weight is 274 g/mol. The molecule has 1 saturated heterocycles.